The minimum atomic E-state index is -0.810. The molecule has 3 rings (SSSR count). The number of carbonyl (C=O) groups excluding carboxylic acids is 1. The molecule has 2 aliphatic heterocycles. The van der Waals surface area contributed by atoms with Crippen molar-refractivity contribution in [2.45, 2.75) is 51.1 Å². The number of fused-ring (bicyclic) bond motifs is 2. The Bertz CT molecular complexity index is 556. The fraction of sp³-hybridized carbons (Fsp3) is 0.529. The molecule has 0 aromatic heterocycles. The minimum Gasteiger partial charge on any atom is -0.481 e. The van der Waals surface area contributed by atoms with Crippen LogP contribution >= 0.6 is 0 Å². The highest BCUT2D eigenvalue weighted by Gasteiger charge is 2.61. The van der Waals surface area contributed by atoms with Crippen LogP contribution in [0.15, 0.2) is 30.3 Å². The lowest BCUT2D eigenvalue weighted by Crippen LogP contribution is -2.46. The van der Waals surface area contributed by atoms with Gasteiger partial charge >= 0.3 is 5.97 Å². The average molecular weight is 287 g/mol. The van der Waals surface area contributed by atoms with E-state index in [-0.39, 0.29) is 18.0 Å². The summed E-state index contributed by atoms with van der Waals surface area (Å²) in [5.41, 5.74) is 0.228. The number of aliphatic carboxylic acids is 1. The molecule has 2 heterocycles. The van der Waals surface area contributed by atoms with E-state index in [1.807, 2.05) is 42.2 Å². The highest BCUT2D eigenvalue weighted by Crippen LogP contribution is 2.51. The van der Waals surface area contributed by atoms with Crippen molar-refractivity contribution in [3.63, 3.8) is 0 Å². The smallest absolute Gasteiger partial charge is 0.312 e. The zero-order chi connectivity index (χ0) is 15.0. The molecule has 112 valence electrons. The third kappa shape index (κ3) is 2.13. The fourth-order valence-electron chi connectivity index (χ4n) is 4.20. The van der Waals surface area contributed by atoms with E-state index < -0.39 is 11.4 Å². The van der Waals surface area contributed by atoms with Gasteiger partial charge in [-0.2, -0.15) is 0 Å². The topological polar surface area (TPSA) is 57.6 Å². The Morgan fingerprint density at radius 3 is 2.62 bits per heavy atom. The predicted molar refractivity (Wildman–Crippen MR) is 78.8 cm³/mol. The van der Waals surface area contributed by atoms with Gasteiger partial charge in [0.2, 0.25) is 5.91 Å². The molecular formula is C17H21NO3. The van der Waals surface area contributed by atoms with Crippen molar-refractivity contribution >= 4 is 11.9 Å². The van der Waals surface area contributed by atoms with Gasteiger partial charge in [-0.15, -0.1) is 0 Å². The Kier molecular flexibility index (Phi) is 3.47. The second-order valence-corrected chi connectivity index (χ2v) is 6.23. The minimum absolute atomic E-state index is 0.0960. The molecule has 2 bridgehead atoms. The molecule has 2 fully saturated rings. The van der Waals surface area contributed by atoms with Crippen LogP contribution in [0.5, 0.6) is 0 Å². The largest absolute Gasteiger partial charge is 0.481 e. The molecule has 0 radical (unpaired) electrons. The van der Waals surface area contributed by atoms with Gasteiger partial charge in [-0.3, -0.25) is 9.59 Å². The third-order valence-corrected chi connectivity index (χ3v) is 5.12. The van der Waals surface area contributed by atoms with E-state index in [1.165, 1.54) is 0 Å². The maximum Gasteiger partial charge on any atom is 0.312 e. The number of carbonyl (C=O) groups is 2. The van der Waals surface area contributed by atoms with Crippen molar-refractivity contribution in [1.29, 1.82) is 0 Å². The van der Waals surface area contributed by atoms with E-state index in [0.717, 1.165) is 18.4 Å². The number of hydrogen-bond donors (Lipinski definition) is 1. The second kappa shape index (κ2) is 5.17. The Morgan fingerprint density at radius 1 is 1.29 bits per heavy atom. The summed E-state index contributed by atoms with van der Waals surface area (Å²) < 4.78 is 0. The summed E-state index contributed by atoms with van der Waals surface area (Å²) >= 11 is 0. The number of carboxylic acid groups (broad SMARTS) is 1. The lowest BCUT2D eigenvalue weighted by molar-refractivity contribution is -0.151. The van der Waals surface area contributed by atoms with Crippen LogP contribution in [0.1, 0.15) is 38.2 Å². The molecule has 4 nitrogen and oxygen atoms in total. The molecule has 2 aliphatic rings. The third-order valence-electron chi connectivity index (χ3n) is 5.12. The molecule has 1 aromatic carbocycles. The van der Waals surface area contributed by atoms with E-state index in [9.17, 15) is 14.7 Å². The van der Waals surface area contributed by atoms with E-state index in [4.69, 9.17) is 0 Å². The molecule has 0 aliphatic carbocycles. The van der Waals surface area contributed by atoms with E-state index in [0.29, 0.717) is 19.3 Å². The van der Waals surface area contributed by atoms with Gasteiger partial charge in [0.25, 0.3) is 0 Å². The van der Waals surface area contributed by atoms with Crippen molar-refractivity contribution in [2.75, 3.05) is 0 Å². The summed E-state index contributed by atoms with van der Waals surface area (Å²) in [6.45, 7) is 1.85. The first kappa shape index (κ1) is 14.1. The maximum absolute atomic E-state index is 12.2. The zero-order valence-electron chi connectivity index (χ0n) is 12.3. The highest BCUT2D eigenvalue weighted by molar-refractivity contribution is 5.82. The van der Waals surface area contributed by atoms with Crippen LogP contribution in [0, 0.1) is 5.41 Å². The molecule has 0 unspecified atom stereocenters. The van der Waals surface area contributed by atoms with Gasteiger partial charge < -0.3 is 10.0 Å². The molecule has 1 N–H and O–H groups in total. The number of amides is 1. The number of benzene rings is 1. The van der Waals surface area contributed by atoms with Crippen LogP contribution in [0.25, 0.3) is 0 Å². The van der Waals surface area contributed by atoms with Gasteiger partial charge in [0.1, 0.15) is 0 Å². The second-order valence-electron chi connectivity index (χ2n) is 6.23. The molecule has 0 saturated carbocycles. The molecule has 21 heavy (non-hydrogen) atoms. The number of hydrogen-bond acceptors (Lipinski definition) is 2. The van der Waals surface area contributed by atoms with Crippen molar-refractivity contribution in [3.8, 4) is 0 Å². The summed E-state index contributed by atoms with van der Waals surface area (Å²) in [4.78, 5) is 26.1. The summed E-state index contributed by atoms with van der Waals surface area (Å²) in [6, 6.07) is 9.73. The summed E-state index contributed by atoms with van der Waals surface area (Å²) in [5.74, 6) is -0.661. The van der Waals surface area contributed by atoms with Gasteiger partial charge in [-0.25, -0.2) is 0 Å². The van der Waals surface area contributed by atoms with E-state index in [2.05, 4.69) is 0 Å². The van der Waals surface area contributed by atoms with E-state index >= 15 is 0 Å². The first-order valence-electron chi connectivity index (χ1n) is 7.67. The standard InChI is InChI=1S/C17H21NO3/c1-2-15(19)18-13-8-9-14(18)17(11-13,16(20)21)10-12-6-4-3-5-7-12/h3-7,13-14H,2,8-11H2,1H3,(H,20,21)/t13-,14+,17+/m0/s1. The van der Waals surface area contributed by atoms with Crippen LogP contribution < -0.4 is 0 Å². The molecule has 3 atom stereocenters. The van der Waals surface area contributed by atoms with Crippen molar-refractivity contribution in [3.05, 3.63) is 35.9 Å². The summed E-state index contributed by atoms with van der Waals surface area (Å²) in [7, 11) is 0. The number of carboxylic acids is 1. The molecule has 1 amide bonds. The van der Waals surface area contributed by atoms with Crippen LogP contribution in [-0.4, -0.2) is 34.0 Å². The van der Waals surface area contributed by atoms with Gasteiger partial charge in [-0.05, 0) is 31.2 Å². The van der Waals surface area contributed by atoms with Gasteiger partial charge in [0.15, 0.2) is 0 Å². The molecular weight excluding hydrogens is 266 g/mol. The molecule has 0 spiro atoms. The Labute approximate surface area is 124 Å². The summed E-state index contributed by atoms with van der Waals surface area (Å²) in [6.07, 6.45) is 3.31. The molecule has 1 aromatic rings. The van der Waals surface area contributed by atoms with Crippen LogP contribution in [0.4, 0.5) is 0 Å². The van der Waals surface area contributed by atoms with Crippen LogP contribution in [-0.2, 0) is 16.0 Å². The van der Waals surface area contributed by atoms with Crippen molar-refractivity contribution in [1.82, 2.24) is 4.90 Å². The Morgan fingerprint density at radius 2 is 2.00 bits per heavy atom. The van der Waals surface area contributed by atoms with Crippen molar-refractivity contribution in [2.24, 2.45) is 5.41 Å². The Hall–Kier alpha value is -1.84. The molecule has 4 heteroatoms. The number of nitrogens with zero attached hydrogens (tertiary/aromatic N) is 1. The first-order valence-corrected chi connectivity index (χ1v) is 7.67. The van der Waals surface area contributed by atoms with Crippen LogP contribution in [0.3, 0.4) is 0 Å². The first-order chi connectivity index (χ1) is 10.1. The molecule has 2 saturated heterocycles. The van der Waals surface area contributed by atoms with Gasteiger partial charge in [0, 0.05) is 18.5 Å². The van der Waals surface area contributed by atoms with Crippen LogP contribution in [0.2, 0.25) is 0 Å². The lowest BCUT2D eigenvalue weighted by atomic mass is 9.70. The number of rotatable bonds is 4. The SMILES string of the molecule is CCC(=O)N1[C@H]2CC[C@@H]1[C@](Cc1ccccc1)(C(=O)O)C2. The van der Waals surface area contributed by atoms with Gasteiger partial charge in [-0.1, -0.05) is 37.3 Å². The fourth-order valence-corrected chi connectivity index (χ4v) is 4.20. The quantitative estimate of drug-likeness (QED) is 0.925. The Balaban J connectivity index is 1.93. The predicted octanol–water partition coefficient (Wildman–Crippen LogP) is 2.47. The maximum atomic E-state index is 12.2. The van der Waals surface area contributed by atoms with Gasteiger partial charge in [0.05, 0.1) is 5.41 Å². The lowest BCUT2D eigenvalue weighted by Gasteiger charge is -2.33. The monoisotopic (exact) mass is 287 g/mol. The highest BCUT2D eigenvalue weighted by atomic mass is 16.4. The zero-order valence-corrected chi connectivity index (χ0v) is 12.3. The van der Waals surface area contributed by atoms with Crippen molar-refractivity contribution < 1.29 is 14.7 Å². The summed E-state index contributed by atoms with van der Waals surface area (Å²) in [5, 5.41) is 9.88. The average Bonchev–Trinajstić information content (AvgIpc) is 3.03. The van der Waals surface area contributed by atoms with E-state index in [1.54, 1.807) is 0 Å². The normalized spacial score (nSPS) is 30.6.